The third-order valence-corrected chi connectivity index (χ3v) is 6.41. The quantitative estimate of drug-likeness (QED) is 0.574. The van der Waals surface area contributed by atoms with Crippen LogP contribution in [0.5, 0.6) is 0 Å². The minimum absolute atomic E-state index is 0.0217. The van der Waals surface area contributed by atoms with E-state index in [1.807, 2.05) is 48.2 Å². The molecule has 5 nitrogen and oxygen atoms in total. The first-order chi connectivity index (χ1) is 14.0. The van der Waals surface area contributed by atoms with E-state index in [9.17, 15) is 4.79 Å². The van der Waals surface area contributed by atoms with Crippen LogP contribution in [0.25, 0.3) is 0 Å². The molecular weight excluding hydrogens is 407 g/mol. The highest BCUT2D eigenvalue weighted by molar-refractivity contribution is 6.42. The minimum Gasteiger partial charge on any atom is -0.311 e. The second-order valence-electron chi connectivity index (χ2n) is 7.35. The lowest BCUT2D eigenvalue weighted by atomic mass is 9.87. The summed E-state index contributed by atoms with van der Waals surface area (Å²) in [7, 11) is 0. The Bertz CT molecular complexity index is 1150. The van der Waals surface area contributed by atoms with E-state index >= 15 is 0 Å². The van der Waals surface area contributed by atoms with Crippen molar-refractivity contribution in [3.05, 3.63) is 75.9 Å². The minimum atomic E-state index is -0.481. The molecule has 2 aliphatic heterocycles. The summed E-state index contributed by atoms with van der Waals surface area (Å²) in [6, 6.07) is 15.0. The number of nitrogens with zero attached hydrogens (tertiary/aromatic N) is 4. The number of aromatic nitrogens is 2. The predicted octanol–water partition coefficient (Wildman–Crippen LogP) is 5.09. The number of para-hydroxylation sites is 1. The molecule has 1 amide bonds. The fourth-order valence-corrected chi connectivity index (χ4v) is 4.62. The molecule has 0 fully saturated rings. The highest BCUT2D eigenvalue weighted by Gasteiger charge is 2.41. The van der Waals surface area contributed by atoms with Gasteiger partial charge >= 0.3 is 0 Å². The predicted molar refractivity (Wildman–Crippen MR) is 116 cm³/mol. The van der Waals surface area contributed by atoms with Crippen molar-refractivity contribution >= 4 is 46.3 Å². The molecule has 2 aliphatic rings. The number of hydrogen-bond acceptors (Lipinski definition) is 3. The van der Waals surface area contributed by atoms with E-state index < -0.39 is 5.92 Å². The zero-order valence-corrected chi connectivity index (χ0v) is 17.2. The number of halogens is 2. The molecule has 1 aromatic heterocycles. The van der Waals surface area contributed by atoms with Gasteiger partial charge in [0.1, 0.15) is 5.92 Å². The monoisotopic (exact) mass is 424 g/mol. The van der Waals surface area contributed by atoms with Crippen LogP contribution in [0.4, 0.5) is 11.5 Å². The summed E-state index contributed by atoms with van der Waals surface area (Å²) in [6.45, 7) is 2.58. The Kier molecular flexibility index (Phi) is 4.45. The normalized spacial score (nSPS) is 20.2. The van der Waals surface area contributed by atoms with Gasteiger partial charge in [0.25, 0.3) is 0 Å². The standard InChI is InChI=1S/C22H18Cl2N4O/c1-13-20(22(29)27-11-9-14-4-2-3-5-18(14)27)21(28-19(26-13)8-10-25-28)15-6-7-16(23)17(24)12-15/h2-8,10,12,20-21H,9,11H2,1H3. The van der Waals surface area contributed by atoms with Gasteiger partial charge in [-0.3, -0.25) is 4.79 Å². The van der Waals surface area contributed by atoms with Gasteiger partial charge in [-0.1, -0.05) is 47.5 Å². The maximum Gasteiger partial charge on any atom is 0.238 e. The zero-order chi connectivity index (χ0) is 20.1. The van der Waals surface area contributed by atoms with Gasteiger partial charge in [0.05, 0.1) is 22.3 Å². The van der Waals surface area contributed by atoms with E-state index in [-0.39, 0.29) is 11.9 Å². The van der Waals surface area contributed by atoms with Crippen molar-refractivity contribution in [3.8, 4) is 0 Å². The van der Waals surface area contributed by atoms with Crippen LogP contribution in [0, 0.1) is 5.92 Å². The SMILES string of the molecule is CC1=Nc2ccnn2C(c2ccc(Cl)c(Cl)c2)C1C(=O)N1CCc2ccccc21. The second kappa shape index (κ2) is 7.01. The zero-order valence-electron chi connectivity index (χ0n) is 15.7. The van der Waals surface area contributed by atoms with Gasteiger partial charge in [-0.15, -0.1) is 0 Å². The molecule has 7 heteroatoms. The number of hydrogen-bond donors (Lipinski definition) is 0. The number of anilines is 1. The van der Waals surface area contributed by atoms with Crippen LogP contribution < -0.4 is 4.90 Å². The highest BCUT2D eigenvalue weighted by atomic mass is 35.5. The molecule has 5 rings (SSSR count). The van der Waals surface area contributed by atoms with Gasteiger partial charge in [0, 0.05) is 24.0 Å². The molecule has 3 heterocycles. The Morgan fingerprint density at radius 1 is 1.10 bits per heavy atom. The van der Waals surface area contributed by atoms with E-state index in [0.717, 1.165) is 29.2 Å². The molecule has 0 saturated heterocycles. The number of amides is 1. The van der Waals surface area contributed by atoms with Crippen LogP contribution >= 0.6 is 23.2 Å². The summed E-state index contributed by atoms with van der Waals surface area (Å²) < 4.78 is 1.80. The third-order valence-electron chi connectivity index (χ3n) is 5.67. The number of rotatable bonds is 2. The molecule has 2 aromatic carbocycles. The maximum atomic E-state index is 13.8. The summed E-state index contributed by atoms with van der Waals surface area (Å²) in [6.07, 6.45) is 2.56. The Labute approximate surface area is 178 Å². The van der Waals surface area contributed by atoms with Crippen molar-refractivity contribution in [3.63, 3.8) is 0 Å². The fourth-order valence-electron chi connectivity index (χ4n) is 4.31. The van der Waals surface area contributed by atoms with Crippen molar-refractivity contribution < 1.29 is 4.79 Å². The number of aliphatic imine (C=N–C) groups is 1. The average molecular weight is 425 g/mol. The summed E-state index contributed by atoms with van der Waals surface area (Å²) in [5.41, 5.74) is 3.81. The smallest absolute Gasteiger partial charge is 0.238 e. The first-order valence-corrected chi connectivity index (χ1v) is 10.2. The van der Waals surface area contributed by atoms with Gasteiger partial charge in [-0.2, -0.15) is 5.10 Å². The Morgan fingerprint density at radius 2 is 1.93 bits per heavy atom. The molecule has 146 valence electrons. The Hall–Kier alpha value is -2.63. The summed E-state index contributed by atoms with van der Waals surface area (Å²) >= 11 is 12.4. The van der Waals surface area contributed by atoms with Crippen molar-refractivity contribution in [1.29, 1.82) is 0 Å². The molecule has 0 aliphatic carbocycles. The second-order valence-corrected chi connectivity index (χ2v) is 8.17. The number of benzene rings is 2. The van der Waals surface area contributed by atoms with E-state index in [2.05, 4.69) is 16.2 Å². The Morgan fingerprint density at radius 3 is 2.76 bits per heavy atom. The van der Waals surface area contributed by atoms with Crippen LogP contribution in [0.1, 0.15) is 24.1 Å². The van der Waals surface area contributed by atoms with Crippen LogP contribution in [0.3, 0.4) is 0 Å². The van der Waals surface area contributed by atoms with E-state index in [1.165, 1.54) is 5.56 Å². The molecule has 0 saturated carbocycles. The van der Waals surface area contributed by atoms with Crippen molar-refractivity contribution in [1.82, 2.24) is 9.78 Å². The number of carbonyl (C=O) groups excluding carboxylic acids is 1. The van der Waals surface area contributed by atoms with Crippen LogP contribution in [-0.2, 0) is 11.2 Å². The first-order valence-electron chi connectivity index (χ1n) is 9.47. The molecule has 2 unspecified atom stereocenters. The summed E-state index contributed by atoms with van der Waals surface area (Å²) in [5, 5.41) is 5.40. The highest BCUT2D eigenvalue weighted by Crippen LogP contribution is 2.40. The fraction of sp³-hybridized carbons (Fsp3) is 0.227. The van der Waals surface area contributed by atoms with Gasteiger partial charge in [0.15, 0.2) is 5.82 Å². The van der Waals surface area contributed by atoms with E-state index in [4.69, 9.17) is 23.2 Å². The van der Waals surface area contributed by atoms with Gasteiger partial charge in [0.2, 0.25) is 5.91 Å². The van der Waals surface area contributed by atoms with E-state index in [0.29, 0.717) is 16.6 Å². The van der Waals surface area contributed by atoms with Gasteiger partial charge < -0.3 is 4.90 Å². The first kappa shape index (κ1) is 18.4. The van der Waals surface area contributed by atoms with Crippen molar-refractivity contribution in [2.75, 3.05) is 11.4 Å². The van der Waals surface area contributed by atoms with E-state index in [1.54, 1.807) is 16.9 Å². The van der Waals surface area contributed by atoms with Crippen molar-refractivity contribution in [2.45, 2.75) is 19.4 Å². The summed E-state index contributed by atoms with van der Waals surface area (Å²) in [5.74, 6) is 0.267. The third kappa shape index (κ3) is 2.96. The maximum absolute atomic E-state index is 13.8. The van der Waals surface area contributed by atoms with Crippen LogP contribution in [0.15, 0.2) is 59.7 Å². The topological polar surface area (TPSA) is 50.5 Å². The molecule has 3 aromatic rings. The molecule has 0 spiro atoms. The molecule has 29 heavy (non-hydrogen) atoms. The van der Waals surface area contributed by atoms with Crippen LogP contribution in [-0.4, -0.2) is 27.9 Å². The molecule has 2 atom stereocenters. The van der Waals surface area contributed by atoms with Crippen LogP contribution in [0.2, 0.25) is 10.0 Å². The average Bonchev–Trinajstić information content (AvgIpc) is 3.35. The lowest BCUT2D eigenvalue weighted by Gasteiger charge is -2.34. The molecule has 0 N–H and O–H groups in total. The summed E-state index contributed by atoms with van der Waals surface area (Å²) in [4.78, 5) is 20.3. The lowest BCUT2D eigenvalue weighted by molar-refractivity contribution is -0.121. The number of carbonyl (C=O) groups is 1. The molecule has 0 bridgehead atoms. The Balaban J connectivity index is 1.62. The number of fused-ring (bicyclic) bond motifs is 2. The molecular formula is C22H18Cl2N4O. The lowest BCUT2D eigenvalue weighted by Crippen LogP contribution is -2.44. The largest absolute Gasteiger partial charge is 0.311 e. The van der Waals surface area contributed by atoms with Crippen molar-refractivity contribution in [2.24, 2.45) is 10.9 Å². The van der Waals surface area contributed by atoms with Gasteiger partial charge in [-0.25, -0.2) is 9.67 Å². The molecule has 0 radical (unpaired) electrons. The van der Waals surface area contributed by atoms with Gasteiger partial charge in [-0.05, 0) is 42.7 Å².